The number of halogens is 1. The molecule has 18 heavy (non-hydrogen) atoms. The first-order valence-corrected chi connectivity index (χ1v) is 7.10. The molecule has 0 saturated heterocycles. The zero-order valence-electron chi connectivity index (χ0n) is 11.2. The minimum absolute atomic E-state index is 0.130. The molecule has 4 nitrogen and oxygen atoms in total. The number of hydrogen-bond acceptors (Lipinski definition) is 4. The van der Waals surface area contributed by atoms with E-state index in [-0.39, 0.29) is 12.5 Å². The number of unbranched alkanes of at least 4 members (excludes halogenated alkanes) is 2. The second-order valence-corrected chi connectivity index (χ2v) is 4.45. The van der Waals surface area contributed by atoms with Gasteiger partial charge >= 0.3 is 11.9 Å². The smallest absolute Gasteiger partial charge is 0.320 e. The predicted octanol–water partition coefficient (Wildman–Crippen LogP) is 2.92. The van der Waals surface area contributed by atoms with Crippen LogP contribution < -0.4 is 0 Å². The summed E-state index contributed by atoms with van der Waals surface area (Å²) in [6.45, 7) is 4.51. The fourth-order valence-corrected chi connectivity index (χ4v) is 1.47. The van der Waals surface area contributed by atoms with Gasteiger partial charge in [-0.1, -0.05) is 33.1 Å². The third-order valence-corrected chi connectivity index (χ3v) is 2.63. The lowest BCUT2D eigenvalue weighted by molar-refractivity contribution is -0.162. The Labute approximate surface area is 114 Å². The van der Waals surface area contributed by atoms with Crippen molar-refractivity contribution in [3.8, 4) is 0 Å². The molecule has 0 N–H and O–H groups in total. The van der Waals surface area contributed by atoms with Gasteiger partial charge in [-0.2, -0.15) is 0 Å². The number of rotatable bonds is 10. The van der Waals surface area contributed by atoms with Gasteiger partial charge in [-0.15, -0.1) is 11.6 Å². The largest absolute Gasteiger partial charge is 0.465 e. The molecular formula is C13H23ClO4. The molecule has 1 atom stereocenters. The van der Waals surface area contributed by atoms with Gasteiger partial charge in [0.25, 0.3) is 0 Å². The van der Waals surface area contributed by atoms with E-state index in [1.807, 2.05) is 13.8 Å². The first-order valence-electron chi connectivity index (χ1n) is 6.56. The summed E-state index contributed by atoms with van der Waals surface area (Å²) in [5, 5.41) is 0. The molecule has 106 valence electrons. The van der Waals surface area contributed by atoms with Crippen LogP contribution in [0.5, 0.6) is 0 Å². The van der Waals surface area contributed by atoms with Crippen molar-refractivity contribution in [2.45, 2.75) is 46.0 Å². The van der Waals surface area contributed by atoms with Crippen molar-refractivity contribution in [1.82, 2.24) is 0 Å². The van der Waals surface area contributed by atoms with E-state index in [0.717, 1.165) is 25.7 Å². The van der Waals surface area contributed by atoms with Crippen molar-refractivity contribution in [2.24, 2.45) is 5.92 Å². The molecule has 0 spiro atoms. The summed E-state index contributed by atoms with van der Waals surface area (Å²) in [6, 6.07) is 0. The quantitative estimate of drug-likeness (QED) is 0.267. The van der Waals surface area contributed by atoms with Crippen LogP contribution in [0.25, 0.3) is 0 Å². The van der Waals surface area contributed by atoms with Gasteiger partial charge in [-0.3, -0.25) is 9.59 Å². The van der Waals surface area contributed by atoms with Crippen LogP contribution in [0.2, 0.25) is 0 Å². The zero-order valence-corrected chi connectivity index (χ0v) is 12.0. The van der Waals surface area contributed by atoms with E-state index in [0.29, 0.717) is 13.0 Å². The van der Waals surface area contributed by atoms with Crippen LogP contribution in [0.1, 0.15) is 46.0 Å². The standard InChI is InChI=1S/C13H23ClO4/c1-3-5-7-11(13(16)18-10-8-14)12(15)17-9-6-4-2/h11H,3-10H2,1-2H3. The average Bonchev–Trinajstić information content (AvgIpc) is 2.37. The van der Waals surface area contributed by atoms with Gasteiger partial charge in [0.2, 0.25) is 0 Å². The lowest BCUT2D eigenvalue weighted by Crippen LogP contribution is -2.28. The second kappa shape index (κ2) is 11.3. The van der Waals surface area contributed by atoms with Crippen molar-refractivity contribution in [2.75, 3.05) is 19.1 Å². The van der Waals surface area contributed by atoms with Crippen molar-refractivity contribution >= 4 is 23.5 Å². The summed E-state index contributed by atoms with van der Waals surface area (Å²) in [5.74, 6) is -1.57. The maximum absolute atomic E-state index is 11.8. The zero-order chi connectivity index (χ0) is 13.8. The maximum atomic E-state index is 11.8. The van der Waals surface area contributed by atoms with Crippen LogP contribution in [0.15, 0.2) is 0 Å². The van der Waals surface area contributed by atoms with Gasteiger partial charge in [0.15, 0.2) is 5.92 Å². The summed E-state index contributed by atoms with van der Waals surface area (Å²) < 4.78 is 9.98. The topological polar surface area (TPSA) is 52.6 Å². The van der Waals surface area contributed by atoms with Crippen LogP contribution in [0, 0.1) is 5.92 Å². The number of ether oxygens (including phenoxy) is 2. The maximum Gasteiger partial charge on any atom is 0.320 e. The van der Waals surface area contributed by atoms with Crippen LogP contribution >= 0.6 is 11.6 Å². The highest BCUT2D eigenvalue weighted by Crippen LogP contribution is 2.13. The lowest BCUT2D eigenvalue weighted by Gasteiger charge is -2.14. The highest BCUT2D eigenvalue weighted by molar-refractivity contribution is 6.18. The Kier molecular flexibility index (Phi) is 10.8. The third-order valence-electron chi connectivity index (χ3n) is 2.48. The Hall–Kier alpha value is -0.770. The molecule has 0 aromatic rings. The summed E-state index contributed by atoms with van der Waals surface area (Å²) in [6.07, 6.45) is 3.94. The normalized spacial score (nSPS) is 11.9. The summed E-state index contributed by atoms with van der Waals surface area (Å²) >= 11 is 5.44. The Morgan fingerprint density at radius 1 is 1.00 bits per heavy atom. The average molecular weight is 279 g/mol. The summed E-state index contributed by atoms with van der Waals surface area (Å²) in [5.41, 5.74) is 0. The number of hydrogen-bond donors (Lipinski definition) is 0. The molecule has 0 heterocycles. The Morgan fingerprint density at radius 3 is 2.06 bits per heavy atom. The molecule has 0 saturated carbocycles. The van der Waals surface area contributed by atoms with Gasteiger partial charge in [0, 0.05) is 0 Å². The van der Waals surface area contributed by atoms with E-state index >= 15 is 0 Å². The molecule has 0 rings (SSSR count). The number of alkyl halides is 1. The van der Waals surface area contributed by atoms with E-state index in [1.165, 1.54) is 0 Å². The van der Waals surface area contributed by atoms with E-state index in [9.17, 15) is 9.59 Å². The van der Waals surface area contributed by atoms with Crippen molar-refractivity contribution < 1.29 is 19.1 Å². The number of carbonyl (C=O) groups excluding carboxylic acids is 2. The minimum Gasteiger partial charge on any atom is -0.465 e. The molecule has 0 aromatic carbocycles. The van der Waals surface area contributed by atoms with Gasteiger partial charge in [-0.05, 0) is 12.8 Å². The Balaban J connectivity index is 4.26. The fraction of sp³-hybridized carbons (Fsp3) is 0.846. The predicted molar refractivity (Wildman–Crippen MR) is 70.6 cm³/mol. The van der Waals surface area contributed by atoms with Crippen LogP contribution in [0.3, 0.4) is 0 Å². The Bertz CT molecular complexity index is 243. The number of carbonyl (C=O) groups is 2. The molecule has 5 heteroatoms. The molecule has 0 aliphatic rings. The first-order chi connectivity index (χ1) is 8.67. The highest BCUT2D eigenvalue weighted by atomic mass is 35.5. The molecular weight excluding hydrogens is 256 g/mol. The van der Waals surface area contributed by atoms with Crippen molar-refractivity contribution in [3.05, 3.63) is 0 Å². The van der Waals surface area contributed by atoms with E-state index < -0.39 is 17.9 Å². The molecule has 0 bridgehead atoms. The van der Waals surface area contributed by atoms with E-state index in [1.54, 1.807) is 0 Å². The van der Waals surface area contributed by atoms with Crippen molar-refractivity contribution in [1.29, 1.82) is 0 Å². The van der Waals surface area contributed by atoms with Crippen LogP contribution in [-0.2, 0) is 19.1 Å². The minimum atomic E-state index is -0.801. The third kappa shape index (κ3) is 7.54. The van der Waals surface area contributed by atoms with Crippen LogP contribution in [0.4, 0.5) is 0 Å². The van der Waals surface area contributed by atoms with Gasteiger partial charge in [0.05, 0.1) is 12.5 Å². The lowest BCUT2D eigenvalue weighted by atomic mass is 10.0. The molecule has 0 radical (unpaired) electrons. The van der Waals surface area contributed by atoms with E-state index in [4.69, 9.17) is 21.1 Å². The van der Waals surface area contributed by atoms with Gasteiger partial charge < -0.3 is 9.47 Å². The monoisotopic (exact) mass is 278 g/mol. The number of esters is 2. The summed E-state index contributed by atoms with van der Waals surface area (Å²) in [4.78, 5) is 23.5. The SMILES string of the molecule is CCCCOC(=O)C(CCCC)C(=O)OCCCl. The van der Waals surface area contributed by atoms with E-state index in [2.05, 4.69) is 0 Å². The summed E-state index contributed by atoms with van der Waals surface area (Å²) in [7, 11) is 0. The van der Waals surface area contributed by atoms with Gasteiger partial charge in [0.1, 0.15) is 6.61 Å². The highest BCUT2D eigenvalue weighted by Gasteiger charge is 2.28. The van der Waals surface area contributed by atoms with Crippen molar-refractivity contribution in [3.63, 3.8) is 0 Å². The molecule has 0 fully saturated rings. The van der Waals surface area contributed by atoms with Crippen LogP contribution in [-0.4, -0.2) is 31.0 Å². The molecule has 1 unspecified atom stereocenters. The first kappa shape index (κ1) is 17.2. The second-order valence-electron chi connectivity index (χ2n) is 4.07. The molecule has 0 aliphatic heterocycles. The fourth-order valence-electron chi connectivity index (χ4n) is 1.40. The molecule has 0 amide bonds. The molecule has 0 aliphatic carbocycles. The van der Waals surface area contributed by atoms with Gasteiger partial charge in [-0.25, -0.2) is 0 Å². The Morgan fingerprint density at radius 2 is 1.56 bits per heavy atom. The molecule has 0 aromatic heterocycles.